The fourth-order valence-corrected chi connectivity index (χ4v) is 3.48. The van der Waals surface area contributed by atoms with Crippen LogP contribution in [0.5, 0.6) is 0 Å². The number of rotatable bonds is 6. The van der Waals surface area contributed by atoms with Crippen molar-refractivity contribution in [1.29, 1.82) is 0 Å². The van der Waals surface area contributed by atoms with Gasteiger partial charge in [-0.1, -0.05) is 41.9 Å². The van der Waals surface area contributed by atoms with Gasteiger partial charge in [-0.05, 0) is 29.3 Å². The second-order valence-electron chi connectivity index (χ2n) is 7.06. The molecule has 29 heavy (non-hydrogen) atoms. The molecule has 0 saturated carbocycles. The van der Waals surface area contributed by atoms with Gasteiger partial charge in [0.25, 0.3) is 5.91 Å². The Bertz CT molecular complexity index is 965. The number of amides is 1. The van der Waals surface area contributed by atoms with Gasteiger partial charge in [0, 0.05) is 36.5 Å². The summed E-state index contributed by atoms with van der Waals surface area (Å²) >= 11 is 6.20. The van der Waals surface area contributed by atoms with Crippen LogP contribution in [0.2, 0.25) is 5.02 Å². The molecule has 2 heterocycles. The number of benzene rings is 2. The summed E-state index contributed by atoms with van der Waals surface area (Å²) in [6.45, 7) is 4.90. The van der Waals surface area contributed by atoms with E-state index in [-0.39, 0.29) is 5.91 Å². The maximum atomic E-state index is 12.5. The van der Waals surface area contributed by atoms with E-state index >= 15 is 0 Å². The van der Waals surface area contributed by atoms with Gasteiger partial charge in [-0.15, -0.1) is 0 Å². The van der Waals surface area contributed by atoms with Crippen molar-refractivity contribution in [3.8, 4) is 0 Å². The van der Waals surface area contributed by atoms with Crippen molar-refractivity contribution in [2.24, 2.45) is 0 Å². The van der Waals surface area contributed by atoms with Gasteiger partial charge in [-0.25, -0.2) is 0 Å². The van der Waals surface area contributed by atoms with Gasteiger partial charge in [0.2, 0.25) is 0 Å². The normalized spacial score (nSPS) is 14.7. The molecule has 4 rings (SSSR count). The van der Waals surface area contributed by atoms with Crippen LogP contribution in [0.1, 0.15) is 21.5 Å². The van der Waals surface area contributed by atoms with Crippen LogP contribution in [-0.4, -0.2) is 46.9 Å². The summed E-state index contributed by atoms with van der Waals surface area (Å²) in [5, 5.41) is 7.89. The maximum absolute atomic E-state index is 12.5. The lowest BCUT2D eigenvalue weighted by molar-refractivity contribution is 0.0342. The molecule has 0 spiro atoms. The van der Waals surface area contributed by atoms with Crippen LogP contribution in [0.25, 0.3) is 0 Å². The molecule has 1 aromatic heterocycles. The molecule has 7 heteroatoms. The predicted octanol–water partition coefficient (Wildman–Crippen LogP) is 3.67. The highest BCUT2D eigenvalue weighted by atomic mass is 35.5. The van der Waals surface area contributed by atoms with Crippen molar-refractivity contribution in [3.05, 3.63) is 82.6 Å². The second-order valence-corrected chi connectivity index (χ2v) is 7.46. The van der Waals surface area contributed by atoms with Crippen LogP contribution >= 0.6 is 11.6 Å². The number of ether oxygens (including phenoxy) is 1. The molecule has 1 amide bonds. The molecule has 1 fully saturated rings. The molecule has 150 valence electrons. The Morgan fingerprint density at radius 3 is 2.59 bits per heavy atom. The van der Waals surface area contributed by atoms with E-state index in [1.165, 1.54) is 5.56 Å². The third-order valence-corrected chi connectivity index (χ3v) is 5.28. The molecule has 1 saturated heterocycles. The largest absolute Gasteiger partial charge is 0.379 e. The third-order valence-electron chi connectivity index (χ3n) is 4.91. The zero-order valence-corrected chi connectivity index (χ0v) is 16.8. The number of carbonyl (C=O) groups excluding carboxylic acids is 1. The lowest BCUT2D eigenvalue weighted by Gasteiger charge is -2.26. The van der Waals surface area contributed by atoms with E-state index in [4.69, 9.17) is 16.3 Å². The van der Waals surface area contributed by atoms with Crippen molar-refractivity contribution >= 4 is 23.2 Å². The number of nitrogens with one attached hydrogen (secondary N) is 1. The summed E-state index contributed by atoms with van der Waals surface area (Å²) in [5.74, 6) is -0.184. The number of hydrogen-bond donors (Lipinski definition) is 1. The minimum Gasteiger partial charge on any atom is -0.379 e. The molecule has 1 aliphatic rings. The first-order chi connectivity index (χ1) is 14.2. The van der Waals surface area contributed by atoms with Crippen molar-refractivity contribution in [3.63, 3.8) is 0 Å². The van der Waals surface area contributed by atoms with Crippen LogP contribution in [0.4, 0.5) is 5.69 Å². The Kier molecular flexibility index (Phi) is 6.24. The molecule has 1 N–H and O–H groups in total. The fraction of sp³-hybridized carbons (Fsp3) is 0.273. The van der Waals surface area contributed by atoms with Crippen LogP contribution < -0.4 is 5.32 Å². The van der Waals surface area contributed by atoms with E-state index in [0.29, 0.717) is 17.1 Å². The third kappa shape index (κ3) is 5.23. The van der Waals surface area contributed by atoms with Gasteiger partial charge < -0.3 is 10.1 Å². The van der Waals surface area contributed by atoms with Crippen LogP contribution in [0.15, 0.2) is 60.9 Å². The van der Waals surface area contributed by atoms with E-state index in [1.807, 2.05) is 48.5 Å². The molecule has 3 aromatic rings. The maximum Gasteiger partial charge on any atom is 0.258 e. The summed E-state index contributed by atoms with van der Waals surface area (Å²) in [6, 6.07) is 15.6. The van der Waals surface area contributed by atoms with Gasteiger partial charge in [0.15, 0.2) is 0 Å². The van der Waals surface area contributed by atoms with Crippen LogP contribution in [-0.2, 0) is 17.8 Å². The first-order valence-corrected chi connectivity index (χ1v) is 10.0. The van der Waals surface area contributed by atoms with E-state index in [0.717, 1.165) is 44.1 Å². The molecule has 6 nitrogen and oxygen atoms in total. The minimum atomic E-state index is -0.184. The number of carbonyl (C=O) groups is 1. The summed E-state index contributed by atoms with van der Waals surface area (Å²) in [7, 11) is 0. The Balaban J connectivity index is 1.34. The first kappa shape index (κ1) is 19.6. The highest BCUT2D eigenvalue weighted by molar-refractivity contribution is 6.31. The van der Waals surface area contributed by atoms with E-state index in [9.17, 15) is 4.79 Å². The second kappa shape index (κ2) is 9.22. The van der Waals surface area contributed by atoms with Gasteiger partial charge in [-0.2, -0.15) is 5.10 Å². The minimum absolute atomic E-state index is 0.184. The zero-order valence-electron chi connectivity index (χ0n) is 16.1. The van der Waals surface area contributed by atoms with Gasteiger partial charge in [-0.3, -0.25) is 14.4 Å². The summed E-state index contributed by atoms with van der Waals surface area (Å²) < 4.78 is 7.09. The zero-order chi connectivity index (χ0) is 20.1. The van der Waals surface area contributed by atoms with Crippen molar-refractivity contribution in [1.82, 2.24) is 14.7 Å². The molecule has 0 radical (unpaired) electrons. The van der Waals surface area contributed by atoms with Crippen LogP contribution in [0.3, 0.4) is 0 Å². The number of halogens is 1. The lowest BCUT2D eigenvalue weighted by atomic mass is 10.2. The van der Waals surface area contributed by atoms with Crippen LogP contribution in [0, 0.1) is 0 Å². The molecule has 1 aliphatic heterocycles. The number of anilines is 1. The fourth-order valence-electron chi connectivity index (χ4n) is 3.28. The monoisotopic (exact) mass is 410 g/mol. The Labute approximate surface area is 175 Å². The average molecular weight is 411 g/mol. The molecule has 2 aromatic carbocycles. The lowest BCUT2D eigenvalue weighted by Crippen LogP contribution is -2.35. The average Bonchev–Trinajstić information content (AvgIpc) is 3.21. The number of morpholine rings is 1. The summed E-state index contributed by atoms with van der Waals surface area (Å²) in [6.07, 6.45) is 3.30. The summed E-state index contributed by atoms with van der Waals surface area (Å²) in [5.41, 5.74) is 3.45. The van der Waals surface area contributed by atoms with E-state index in [1.54, 1.807) is 17.1 Å². The molecule has 0 unspecified atom stereocenters. The predicted molar refractivity (Wildman–Crippen MR) is 113 cm³/mol. The standard InChI is InChI=1S/C22H23ClN4O2/c23-21-4-2-1-3-18(21)15-27-16-19(13-24-27)22(28)25-20-7-5-17(6-8-20)14-26-9-11-29-12-10-26/h1-8,13,16H,9-12,14-15H2,(H,25,28). The molecule has 0 bridgehead atoms. The Morgan fingerprint density at radius 1 is 1.07 bits per heavy atom. The van der Waals surface area contributed by atoms with Crippen molar-refractivity contribution < 1.29 is 9.53 Å². The molecule has 0 atom stereocenters. The van der Waals surface area contributed by atoms with Crippen molar-refractivity contribution in [2.75, 3.05) is 31.6 Å². The SMILES string of the molecule is O=C(Nc1ccc(CN2CCOCC2)cc1)c1cnn(Cc2ccccc2Cl)c1. The van der Waals surface area contributed by atoms with Gasteiger partial charge in [0.05, 0.1) is 31.5 Å². The highest BCUT2D eigenvalue weighted by Crippen LogP contribution is 2.17. The van der Waals surface area contributed by atoms with E-state index in [2.05, 4.69) is 15.3 Å². The molecule has 0 aliphatic carbocycles. The number of aromatic nitrogens is 2. The number of nitrogens with zero attached hydrogens (tertiary/aromatic N) is 3. The highest BCUT2D eigenvalue weighted by Gasteiger charge is 2.12. The van der Waals surface area contributed by atoms with Gasteiger partial charge >= 0.3 is 0 Å². The Hall–Kier alpha value is -2.67. The molecular weight excluding hydrogens is 388 g/mol. The topological polar surface area (TPSA) is 59.4 Å². The first-order valence-electron chi connectivity index (χ1n) is 9.63. The van der Waals surface area contributed by atoms with Crippen molar-refractivity contribution in [2.45, 2.75) is 13.1 Å². The van der Waals surface area contributed by atoms with E-state index < -0.39 is 0 Å². The van der Waals surface area contributed by atoms with Gasteiger partial charge in [0.1, 0.15) is 0 Å². The quantitative estimate of drug-likeness (QED) is 0.673. The molecular formula is C22H23ClN4O2. The Morgan fingerprint density at radius 2 is 1.83 bits per heavy atom. The smallest absolute Gasteiger partial charge is 0.258 e. The number of hydrogen-bond acceptors (Lipinski definition) is 4. The summed E-state index contributed by atoms with van der Waals surface area (Å²) in [4.78, 5) is 14.9.